The Kier molecular flexibility index (Phi) is 4.18. The van der Waals surface area contributed by atoms with Crippen molar-refractivity contribution < 1.29 is 41.5 Å². The van der Waals surface area contributed by atoms with Gasteiger partial charge < -0.3 is 9.52 Å². The van der Waals surface area contributed by atoms with E-state index in [4.69, 9.17) is 4.42 Å². The van der Waals surface area contributed by atoms with E-state index < -0.39 is 53.7 Å². The maximum absolute atomic E-state index is 13.3. The van der Waals surface area contributed by atoms with Crippen molar-refractivity contribution in [3.63, 3.8) is 0 Å². The number of aryl methyl sites for hydroxylation is 2. The number of hydrogen-bond donors (Lipinski definition) is 1. The fourth-order valence-corrected chi connectivity index (χ4v) is 2.84. The molecule has 5 nitrogen and oxygen atoms in total. The summed E-state index contributed by atoms with van der Waals surface area (Å²) in [7, 11) is 0. The lowest BCUT2D eigenvalue weighted by Crippen LogP contribution is -2.53. The summed E-state index contributed by atoms with van der Waals surface area (Å²) < 4.78 is 57.1. The van der Waals surface area contributed by atoms with E-state index in [1.807, 2.05) is 0 Å². The first-order valence-electron chi connectivity index (χ1n) is 6.52. The summed E-state index contributed by atoms with van der Waals surface area (Å²) in [5.74, 6) is -7.68. The normalized spacial score (nSPS) is 25.0. The van der Waals surface area contributed by atoms with Crippen molar-refractivity contribution in [1.82, 2.24) is 0 Å². The van der Waals surface area contributed by atoms with Crippen LogP contribution in [-0.4, -0.2) is 40.9 Å². The van der Waals surface area contributed by atoms with Crippen LogP contribution < -0.4 is 0 Å². The van der Waals surface area contributed by atoms with Gasteiger partial charge in [0.15, 0.2) is 11.6 Å². The van der Waals surface area contributed by atoms with Crippen LogP contribution in [0.1, 0.15) is 38.7 Å². The molecule has 0 spiro atoms. The highest BCUT2D eigenvalue weighted by Crippen LogP contribution is 2.40. The third kappa shape index (κ3) is 2.48. The van der Waals surface area contributed by atoms with Crippen molar-refractivity contribution >= 4 is 17.3 Å². The van der Waals surface area contributed by atoms with E-state index in [1.54, 1.807) is 0 Å². The molecule has 0 saturated heterocycles. The SMILES string of the molecule is Cc1oc(C)c2c1C(=O)CC(O)(C(F)F)C(C(=O)C(F)F)C2=O. The maximum Gasteiger partial charge on any atom is 0.296 e. The van der Waals surface area contributed by atoms with E-state index in [9.17, 15) is 37.1 Å². The van der Waals surface area contributed by atoms with Crippen molar-refractivity contribution in [2.24, 2.45) is 5.92 Å². The van der Waals surface area contributed by atoms with Crippen LogP contribution in [-0.2, 0) is 4.79 Å². The fraction of sp³-hybridized carbons (Fsp3) is 0.500. The number of hydrogen-bond acceptors (Lipinski definition) is 5. The Balaban J connectivity index is 2.75. The minimum atomic E-state index is -3.75. The lowest BCUT2D eigenvalue weighted by molar-refractivity contribution is -0.155. The number of rotatable bonds is 3. The van der Waals surface area contributed by atoms with Crippen LogP contribution in [0.5, 0.6) is 0 Å². The standard InChI is InChI=1S/C14H12F4O5/c1-4-7-6(19)3-14(22,13(17)18)9(11(21)12(15)16)10(20)8(7)5(2)23-4/h9,12-13,22H,3H2,1-2H3. The predicted molar refractivity (Wildman–Crippen MR) is 66.9 cm³/mol. The van der Waals surface area contributed by atoms with Gasteiger partial charge in [0.25, 0.3) is 12.9 Å². The zero-order chi connectivity index (χ0) is 17.7. The summed E-state index contributed by atoms with van der Waals surface area (Å²) in [4.78, 5) is 36.2. The molecular formula is C14H12F4O5. The number of halogens is 4. The zero-order valence-corrected chi connectivity index (χ0v) is 12.0. The lowest BCUT2D eigenvalue weighted by atomic mass is 9.78. The summed E-state index contributed by atoms with van der Waals surface area (Å²) in [6.07, 6.45) is -8.84. The molecule has 1 aliphatic rings. The molecule has 0 radical (unpaired) electrons. The number of carbonyl (C=O) groups is 3. The summed E-state index contributed by atoms with van der Waals surface area (Å²) in [6.45, 7) is 2.52. The van der Waals surface area contributed by atoms with Gasteiger partial charge in [-0.2, -0.15) is 0 Å². The third-order valence-corrected chi connectivity index (χ3v) is 3.87. The summed E-state index contributed by atoms with van der Waals surface area (Å²) in [6, 6.07) is 0. The topological polar surface area (TPSA) is 84.6 Å². The van der Waals surface area contributed by atoms with Gasteiger partial charge in [-0.25, -0.2) is 17.6 Å². The molecule has 0 fully saturated rings. The fourth-order valence-electron chi connectivity index (χ4n) is 2.84. The van der Waals surface area contributed by atoms with Crippen LogP contribution in [0.3, 0.4) is 0 Å². The van der Waals surface area contributed by atoms with Crippen molar-refractivity contribution in [1.29, 1.82) is 0 Å². The summed E-state index contributed by atoms with van der Waals surface area (Å²) in [5.41, 5.74) is -4.37. The molecule has 9 heteroatoms. The largest absolute Gasteiger partial charge is 0.465 e. The van der Waals surface area contributed by atoms with E-state index >= 15 is 0 Å². The van der Waals surface area contributed by atoms with Gasteiger partial charge in [-0.3, -0.25) is 14.4 Å². The average molecular weight is 336 g/mol. The number of aliphatic hydroxyl groups is 1. The molecule has 0 amide bonds. The highest BCUT2D eigenvalue weighted by atomic mass is 19.3. The highest BCUT2D eigenvalue weighted by Gasteiger charge is 2.58. The predicted octanol–water partition coefficient (Wildman–Crippen LogP) is 2.11. The molecule has 1 aromatic rings. The number of fused-ring (bicyclic) bond motifs is 1. The summed E-state index contributed by atoms with van der Waals surface area (Å²) >= 11 is 0. The van der Waals surface area contributed by atoms with Crippen LogP contribution in [0, 0.1) is 19.8 Å². The third-order valence-electron chi connectivity index (χ3n) is 3.87. The van der Waals surface area contributed by atoms with Crippen LogP contribution in [0.25, 0.3) is 0 Å². The second kappa shape index (κ2) is 5.55. The molecule has 2 unspecified atom stereocenters. The molecule has 2 atom stereocenters. The number of carbonyl (C=O) groups excluding carboxylic acids is 3. The quantitative estimate of drug-likeness (QED) is 0.519. The van der Waals surface area contributed by atoms with E-state index in [1.165, 1.54) is 13.8 Å². The Labute approximate surface area is 127 Å². The average Bonchev–Trinajstić information content (AvgIpc) is 2.67. The first-order chi connectivity index (χ1) is 10.5. The van der Waals surface area contributed by atoms with Crippen LogP contribution >= 0.6 is 0 Å². The number of alkyl halides is 4. The molecule has 0 aliphatic heterocycles. The van der Waals surface area contributed by atoms with Crippen molar-refractivity contribution in [3.8, 4) is 0 Å². The second-order valence-electron chi connectivity index (χ2n) is 5.36. The van der Waals surface area contributed by atoms with Gasteiger partial charge in [-0.1, -0.05) is 0 Å². The smallest absolute Gasteiger partial charge is 0.296 e. The first-order valence-corrected chi connectivity index (χ1v) is 6.52. The van der Waals surface area contributed by atoms with E-state index in [0.717, 1.165) is 0 Å². The first kappa shape index (κ1) is 17.3. The van der Waals surface area contributed by atoms with Crippen molar-refractivity contribution in [3.05, 3.63) is 22.6 Å². The molecular weight excluding hydrogens is 324 g/mol. The van der Waals surface area contributed by atoms with Gasteiger partial charge >= 0.3 is 0 Å². The molecule has 126 valence electrons. The Morgan fingerprint density at radius 3 is 2.17 bits per heavy atom. The van der Waals surface area contributed by atoms with Gasteiger partial charge in [0.2, 0.25) is 5.78 Å². The van der Waals surface area contributed by atoms with Crippen molar-refractivity contribution in [2.45, 2.75) is 38.7 Å². The summed E-state index contributed by atoms with van der Waals surface area (Å²) in [5, 5.41) is 10.0. The minimum Gasteiger partial charge on any atom is -0.465 e. The Morgan fingerprint density at radius 2 is 1.70 bits per heavy atom. The minimum absolute atomic E-state index is 0.0717. The van der Waals surface area contributed by atoms with E-state index in [0.29, 0.717) is 0 Å². The molecule has 1 heterocycles. The molecule has 1 aromatic heterocycles. The van der Waals surface area contributed by atoms with Crippen LogP contribution in [0.2, 0.25) is 0 Å². The Bertz CT molecular complexity index is 694. The number of Topliss-reactive ketones (excluding diaryl/α,β-unsaturated/α-hetero) is 3. The van der Waals surface area contributed by atoms with Gasteiger partial charge in [-0.05, 0) is 13.8 Å². The number of furan rings is 1. The molecule has 23 heavy (non-hydrogen) atoms. The van der Waals surface area contributed by atoms with Gasteiger partial charge in [-0.15, -0.1) is 0 Å². The molecule has 0 bridgehead atoms. The monoisotopic (exact) mass is 336 g/mol. The Morgan fingerprint density at radius 1 is 1.17 bits per heavy atom. The molecule has 0 saturated carbocycles. The van der Waals surface area contributed by atoms with E-state index in [-0.39, 0.29) is 17.1 Å². The Hall–Kier alpha value is -2.03. The van der Waals surface area contributed by atoms with E-state index in [2.05, 4.69) is 0 Å². The van der Waals surface area contributed by atoms with Crippen LogP contribution in [0.15, 0.2) is 4.42 Å². The van der Waals surface area contributed by atoms with Gasteiger partial charge in [0.05, 0.1) is 11.1 Å². The molecule has 0 aromatic carbocycles. The van der Waals surface area contributed by atoms with Gasteiger partial charge in [0, 0.05) is 6.42 Å². The zero-order valence-electron chi connectivity index (χ0n) is 12.0. The lowest BCUT2D eigenvalue weighted by Gasteiger charge is -2.31. The van der Waals surface area contributed by atoms with Crippen LogP contribution in [0.4, 0.5) is 17.6 Å². The molecule has 2 rings (SSSR count). The molecule has 1 N–H and O–H groups in total. The molecule has 1 aliphatic carbocycles. The highest BCUT2D eigenvalue weighted by molar-refractivity contribution is 6.20. The number of ketones is 3. The maximum atomic E-state index is 13.3. The second-order valence-corrected chi connectivity index (χ2v) is 5.36. The van der Waals surface area contributed by atoms with Crippen molar-refractivity contribution in [2.75, 3.05) is 0 Å². The van der Waals surface area contributed by atoms with Gasteiger partial charge in [0.1, 0.15) is 23.0 Å².